The third-order valence-electron chi connectivity index (χ3n) is 2.78. The van der Waals surface area contributed by atoms with E-state index in [2.05, 4.69) is 0 Å². The number of hydrogen-bond acceptors (Lipinski definition) is 1. The normalized spacial score (nSPS) is 15.0. The molecule has 1 rings (SSSR count). The van der Waals surface area contributed by atoms with E-state index in [0.29, 0.717) is 12.0 Å². The van der Waals surface area contributed by atoms with Gasteiger partial charge in [-0.15, -0.1) is 0 Å². The topological polar surface area (TPSA) is 26.0 Å². The minimum absolute atomic E-state index is 0.00216. The number of hydrogen-bond donors (Lipinski definition) is 1. The van der Waals surface area contributed by atoms with Crippen molar-refractivity contribution in [3.63, 3.8) is 0 Å². The van der Waals surface area contributed by atoms with Gasteiger partial charge in [-0.3, -0.25) is 0 Å². The monoisotopic (exact) mass is 213 g/mol. The Hall–Kier alpha value is -0.960. The Morgan fingerprint density at radius 2 is 2.00 bits per heavy atom. The molecule has 1 aromatic carbocycles. The zero-order chi connectivity index (χ0) is 11.4. The molecule has 1 aromatic rings. The van der Waals surface area contributed by atoms with E-state index in [4.69, 9.17) is 5.73 Å². The predicted molar refractivity (Wildman–Crippen MR) is 57.5 cm³/mol. The van der Waals surface area contributed by atoms with Gasteiger partial charge in [0.2, 0.25) is 0 Å². The maximum Gasteiger partial charge on any atom is 0.162 e. The molecule has 0 aliphatic heterocycles. The van der Waals surface area contributed by atoms with Gasteiger partial charge in [0, 0.05) is 6.04 Å². The van der Waals surface area contributed by atoms with Gasteiger partial charge in [-0.1, -0.05) is 25.5 Å². The second-order valence-electron chi connectivity index (χ2n) is 3.94. The van der Waals surface area contributed by atoms with Crippen LogP contribution in [0.4, 0.5) is 8.78 Å². The molecule has 0 heterocycles. The molecule has 0 radical (unpaired) electrons. The minimum Gasteiger partial charge on any atom is -0.328 e. The molecule has 1 nitrogen and oxygen atoms in total. The molecule has 0 spiro atoms. The first kappa shape index (κ1) is 12.1. The van der Waals surface area contributed by atoms with Crippen LogP contribution >= 0.6 is 0 Å². The van der Waals surface area contributed by atoms with E-state index in [1.165, 1.54) is 6.07 Å². The molecule has 0 aliphatic rings. The van der Waals surface area contributed by atoms with E-state index in [1.54, 1.807) is 6.07 Å². The molecule has 2 N–H and O–H groups in total. The smallest absolute Gasteiger partial charge is 0.162 e. The summed E-state index contributed by atoms with van der Waals surface area (Å²) in [5, 5.41) is 0. The Balaban J connectivity index is 2.84. The molecule has 0 aliphatic carbocycles. The zero-order valence-electron chi connectivity index (χ0n) is 9.13. The highest BCUT2D eigenvalue weighted by atomic mass is 19.2. The Kier molecular flexibility index (Phi) is 4.21. The SMILES string of the molecule is CCC(Cc1cccc(F)c1F)C(C)N. The van der Waals surface area contributed by atoms with E-state index >= 15 is 0 Å². The molecule has 0 bridgehead atoms. The molecule has 0 saturated carbocycles. The lowest BCUT2D eigenvalue weighted by Crippen LogP contribution is -2.28. The van der Waals surface area contributed by atoms with Gasteiger partial charge in [0.1, 0.15) is 0 Å². The van der Waals surface area contributed by atoms with Crippen molar-refractivity contribution in [1.82, 2.24) is 0 Å². The molecule has 0 aromatic heterocycles. The van der Waals surface area contributed by atoms with Crippen LogP contribution in [0.5, 0.6) is 0 Å². The van der Waals surface area contributed by atoms with Gasteiger partial charge in [0.05, 0.1) is 0 Å². The molecular weight excluding hydrogens is 196 g/mol. The zero-order valence-corrected chi connectivity index (χ0v) is 9.13. The first-order valence-electron chi connectivity index (χ1n) is 5.24. The maximum atomic E-state index is 13.3. The summed E-state index contributed by atoms with van der Waals surface area (Å²) >= 11 is 0. The predicted octanol–water partition coefficient (Wildman–Crippen LogP) is 2.88. The van der Waals surface area contributed by atoms with Gasteiger partial charge in [0.15, 0.2) is 11.6 Å². The lowest BCUT2D eigenvalue weighted by molar-refractivity contribution is 0.413. The molecule has 0 fully saturated rings. The molecule has 2 atom stereocenters. The average Bonchev–Trinajstić information content (AvgIpc) is 2.19. The highest BCUT2D eigenvalue weighted by Crippen LogP contribution is 2.19. The van der Waals surface area contributed by atoms with Crippen LogP contribution in [0.3, 0.4) is 0 Å². The minimum atomic E-state index is -0.785. The first-order chi connectivity index (χ1) is 7.06. The van der Waals surface area contributed by atoms with E-state index in [-0.39, 0.29) is 12.0 Å². The van der Waals surface area contributed by atoms with Crippen LogP contribution in [-0.2, 0) is 6.42 Å². The summed E-state index contributed by atoms with van der Waals surface area (Å²) in [6.07, 6.45) is 1.37. The highest BCUT2D eigenvalue weighted by Gasteiger charge is 2.16. The summed E-state index contributed by atoms with van der Waals surface area (Å²) in [5.74, 6) is -1.33. The lowest BCUT2D eigenvalue weighted by Gasteiger charge is -2.19. The van der Waals surface area contributed by atoms with E-state index in [1.807, 2.05) is 13.8 Å². The van der Waals surface area contributed by atoms with Crippen LogP contribution < -0.4 is 5.73 Å². The van der Waals surface area contributed by atoms with Crippen molar-refractivity contribution in [1.29, 1.82) is 0 Å². The largest absolute Gasteiger partial charge is 0.328 e. The molecular formula is C12H17F2N. The van der Waals surface area contributed by atoms with Gasteiger partial charge in [-0.05, 0) is 30.9 Å². The van der Waals surface area contributed by atoms with Crippen molar-refractivity contribution in [2.24, 2.45) is 11.7 Å². The average molecular weight is 213 g/mol. The fraction of sp³-hybridized carbons (Fsp3) is 0.500. The standard InChI is InChI=1S/C12H17F2N/c1-3-9(8(2)15)7-10-5-4-6-11(13)12(10)14/h4-6,8-9H,3,7,15H2,1-2H3. The van der Waals surface area contributed by atoms with Gasteiger partial charge in [0.25, 0.3) is 0 Å². The summed E-state index contributed by atoms with van der Waals surface area (Å²) in [5.41, 5.74) is 6.18. The fourth-order valence-electron chi connectivity index (χ4n) is 1.69. The number of nitrogens with two attached hydrogens (primary N) is 1. The summed E-state index contributed by atoms with van der Waals surface area (Å²) in [6, 6.07) is 4.27. The summed E-state index contributed by atoms with van der Waals surface area (Å²) < 4.78 is 26.3. The highest BCUT2D eigenvalue weighted by molar-refractivity contribution is 5.19. The second-order valence-corrected chi connectivity index (χ2v) is 3.94. The van der Waals surface area contributed by atoms with Gasteiger partial charge < -0.3 is 5.73 Å². The Labute approximate surface area is 89.3 Å². The third kappa shape index (κ3) is 2.99. The van der Waals surface area contributed by atoms with Crippen LogP contribution in [0.1, 0.15) is 25.8 Å². The molecule has 84 valence electrons. The quantitative estimate of drug-likeness (QED) is 0.817. The van der Waals surface area contributed by atoms with Crippen molar-refractivity contribution < 1.29 is 8.78 Å². The van der Waals surface area contributed by atoms with Crippen LogP contribution in [-0.4, -0.2) is 6.04 Å². The fourth-order valence-corrected chi connectivity index (χ4v) is 1.69. The van der Waals surface area contributed by atoms with Crippen LogP contribution in [0.25, 0.3) is 0 Å². The Morgan fingerprint density at radius 1 is 1.33 bits per heavy atom. The maximum absolute atomic E-state index is 13.3. The number of rotatable bonds is 4. The molecule has 15 heavy (non-hydrogen) atoms. The van der Waals surface area contributed by atoms with Gasteiger partial charge in [-0.2, -0.15) is 0 Å². The summed E-state index contributed by atoms with van der Waals surface area (Å²) in [4.78, 5) is 0. The van der Waals surface area contributed by atoms with Gasteiger partial charge >= 0.3 is 0 Å². The van der Waals surface area contributed by atoms with Crippen molar-refractivity contribution in [3.8, 4) is 0 Å². The van der Waals surface area contributed by atoms with Crippen LogP contribution in [0, 0.1) is 17.6 Å². The summed E-state index contributed by atoms with van der Waals surface area (Å²) in [7, 11) is 0. The van der Waals surface area contributed by atoms with E-state index in [0.717, 1.165) is 12.5 Å². The van der Waals surface area contributed by atoms with E-state index in [9.17, 15) is 8.78 Å². The second kappa shape index (κ2) is 5.21. The van der Waals surface area contributed by atoms with Crippen molar-refractivity contribution >= 4 is 0 Å². The first-order valence-corrected chi connectivity index (χ1v) is 5.24. The number of benzene rings is 1. The van der Waals surface area contributed by atoms with Crippen LogP contribution in [0.2, 0.25) is 0 Å². The van der Waals surface area contributed by atoms with Gasteiger partial charge in [-0.25, -0.2) is 8.78 Å². The van der Waals surface area contributed by atoms with Crippen molar-refractivity contribution in [3.05, 3.63) is 35.4 Å². The van der Waals surface area contributed by atoms with E-state index < -0.39 is 11.6 Å². The Morgan fingerprint density at radius 3 is 2.53 bits per heavy atom. The van der Waals surface area contributed by atoms with Crippen molar-refractivity contribution in [2.45, 2.75) is 32.7 Å². The third-order valence-corrected chi connectivity index (χ3v) is 2.78. The Bertz CT molecular complexity index is 323. The molecule has 0 saturated heterocycles. The lowest BCUT2D eigenvalue weighted by atomic mass is 9.91. The summed E-state index contributed by atoms with van der Waals surface area (Å²) in [6.45, 7) is 3.90. The molecule has 3 heteroatoms. The molecule has 2 unspecified atom stereocenters. The van der Waals surface area contributed by atoms with Crippen LogP contribution in [0.15, 0.2) is 18.2 Å². The number of halogens is 2. The van der Waals surface area contributed by atoms with Crippen molar-refractivity contribution in [2.75, 3.05) is 0 Å². The molecule has 0 amide bonds.